The first-order valence-electron chi connectivity index (χ1n) is 7.44. The minimum Gasteiger partial charge on any atom is -0.385 e. The van der Waals surface area contributed by atoms with Crippen LogP contribution in [0.3, 0.4) is 0 Å². The molecule has 2 N–H and O–H groups in total. The first kappa shape index (κ1) is 14.9. The summed E-state index contributed by atoms with van der Waals surface area (Å²) in [6.45, 7) is 7.15. The van der Waals surface area contributed by atoms with Crippen molar-refractivity contribution in [2.75, 3.05) is 32.0 Å². The zero-order chi connectivity index (χ0) is 14.5. The standard InChI is InChI=1S/C16H25N3O/c1-4-8-17-15-6-5-13(10-12(15)2)16(20)18-14-7-9-19(3)11-14/h5-6,10,14,17H,4,7-9,11H2,1-3H3,(H,18,20). The molecule has 4 nitrogen and oxygen atoms in total. The summed E-state index contributed by atoms with van der Waals surface area (Å²) in [5, 5.41) is 6.48. The van der Waals surface area contributed by atoms with E-state index in [4.69, 9.17) is 0 Å². The van der Waals surface area contributed by atoms with E-state index in [1.165, 1.54) is 0 Å². The summed E-state index contributed by atoms with van der Waals surface area (Å²) in [5.41, 5.74) is 2.98. The fourth-order valence-electron chi connectivity index (χ4n) is 2.58. The molecule has 2 rings (SSSR count). The van der Waals surface area contributed by atoms with Gasteiger partial charge in [-0.3, -0.25) is 4.79 Å². The third kappa shape index (κ3) is 3.73. The Morgan fingerprint density at radius 3 is 2.85 bits per heavy atom. The first-order valence-corrected chi connectivity index (χ1v) is 7.44. The lowest BCUT2D eigenvalue weighted by atomic mass is 10.1. The van der Waals surface area contributed by atoms with Crippen LogP contribution in [0.1, 0.15) is 35.7 Å². The predicted molar refractivity (Wildman–Crippen MR) is 83.3 cm³/mol. The van der Waals surface area contributed by atoms with E-state index in [-0.39, 0.29) is 11.9 Å². The summed E-state index contributed by atoms with van der Waals surface area (Å²) in [4.78, 5) is 14.5. The summed E-state index contributed by atoms with van der Waals surface area (Å²) < 4.78 is 0. The van der Waals surface area contributed by atoms with Crippen LogP contribution >= 0.6 is 0 Å². The monoisotopic (exact) mass is 275 g/mol. The maximum atomic E-state index is 12.2. The molecule has 1 saturated heterocycles. The van der Waals surface area contributed by atoms with Crippen molar-refractivity contribution in [3.05, 3.63) is 29.3 Å². The van der Waals surface area contributed by atoms with E-state index < -0.39 is 0 Å². The summed E-state index contributed by atoms with van der Waals surface area (Å²) in [6, 6.07) is 6.15. The number of hydrogen-bond donors (Lipinski definition) is 2. The predicted octanol–water partition coefficient (Wildman–Crippen LogP) is 2.25. The molecule has 1 unspecified atom stereocenters. The van der Waals surface area contributed by atoms with Crippen LogP contribution < -0.4 is 10.6 Å². The van der Waals surface area contributed by atoms with Gasteiger partial charge in [-0.25, -0.2) is 0 Å². The molecule has 0 saturated carbocycles. The third-order valence-electron chi connectivity index (χ3n) is 3.78. The van der Waals surface area contributed by atoms with Crippen LogP contribution in [-0.4, -0.2) is 43.5 Å². The summed E-state index contributed by atoms with van der Waals surface area (Å²) >= 11 is 0. The molecular formula is C16H25N3O. The highest BCUT2D eigenvalue weighted by Crippen LogP contribution is 2.17. The van der Waals surface area contributed by atoms with Crippen LogP contribution in [0.25, 0.3) is 0 Å². The van der Waals surface area contributed by atoms with Crippen molar-refractivity contribution in [2.45, 2.75) is 32.7 Å². The molecule has 0 radical (unpaired) electrons. The van der Waals surface area contributed by atoms with Crippen molar-refractivity contribution in [1.82, 2.24) is 10.2 Å². The second-order valence-electron chi connectivity index (χ2n) is 5.68. The van der Waals surface area contributed by atoms with Gasteiger partial charge in [0, 0.05) is 30.4 Å². The van der Waals surface area contributed by atoms with Gasteiger partial charge in [0.2, 0.25) is 0 Å². The second kappa shape index (κ2) is 6.75. The quantitative estimate of drug-likeness (QED) is 0.866. The second-order valence-corrected chi connectivity index (χ2v) is 5.68. The van der Waals surface area contributed by atoms with E-state index in [1.807, 2.05) is 25.1 Å². The van der Waals surface area contributed by atoms with Crippen LogP contribution in [0.15, 0.2) is 18.2 Å². The van der Waals surface area contributed by atoms with Crippen LogP contribution in [0.4, 0.5) is 5.69 Å². The maximum Gasteiger partial charge on any atom is 0.251 e. The van der Waals surface area contributed by atoms with E-state index in [0.29, 0.717) is 0 Å². The van der Waals surface area contributed by atoms with E-state index in [2.05, 4.69) is 29.5 Å². The lowest BCUT2D eigenvalue weighted by Crippen LogP contribution is -2.36. The van der Waals surface area contributed by atoms with E-state index >= 15 is 0 Å². The number of nitrogens with one attached hydrogen (secondary N) is 2. The minimum absolute atomic E-state index is 0.0374. The van der Waals surface area contributed by atoms with Crippen LogP contribution in [0, 0.1) is 6.92 Å². The molecule has 1 atom stereocenters. The van der Waals surface area contributed by atoms with Crippen LogP contribution in [0.5, 0.6) is 0 Å². The molecular weight excluding hydrogens is 250 g/mol. The van der Waals surface area contributed by atoms with E-state index in [1.54, 1.807) is 0 Å². The molecule has 1 aliphatic rings. The molecule has 0 bridgehead atoms. The number of likely N-dealkylation sites (N-methyl/N-ethyl adjacent to an activating group) is 1. The SMILES string of the molecule is CCCNc1ccc(C(=O)NC2CCN(C)C2)cc1C. The highest BCUT2D eigenvalue weighted by Gasteiger charge is 2.21. The Balaban J connectivity index is 1.98. The van der Waals surface area contributed by atoms with Gasteiger partial charge in [0.05, 0.1) is 0 Å². The summed E-state index contributed by atoms with van der Waals surface area (Å²) in [6.07, 6.45) is 2.13. The molecule has 1 fully saturated rings. The number of carbonyl (C=O) groups excluding carboxylic acids is 1. The fourth-order valence-corrected chi connectivity index (χ4v) is 2.58. The lowest BCUT2D eigenvalue weighted by Gasteiger charge is -2.14. The zero-order valence-electron chi connectivity index (χ0n) is 12.7. The van der Waals surface area contributed by atoms with Gasteiger partial charge in [-0.2, -0.15) is 0 Å². The van der Waals surface area contributed by atoms with Gasteiger partial charge in [0.25, 0.3) is 5.91 Å². The smallest absolute Gasteiger partial charge is 0.251 e. The number of anilines is 1. The minimum atomic E-state index is 0.0374. The molecule has 1 aliphatic heterocycles. The summed E-state index contributed by atoms with van der Waals surface area (Å²) in [7, 11) is 2.09. The zero-order valence-corrected chi connectivity index (χ0v) is 12.7. The summed E-state index contributed by atoms with van der Waals surface area (Å²) in [5.74, 6) is 0.0374. The van der Waals surface area contributed by atoms with Gasteiger partial charge in [0.1, 0.15) is 0 Å². The van der Waals surface area contributed by atoms with Gasteiger partial charge in [0.15, 0.2) is 0 Å². The number of hydrogen-bond acceptors (Lipinski definition) is 3. The molecule has 1 heterocycles. The van der Waals surface area contributed by atoms with E-state index in [9.17, 15) is 4.79 Å². The van der Waals surface area contributed by atoms with Gasteiger partial charge >= 0.3 is 0 Å². The number of benzene rings is 1. The van der Waals surface area contributed by atoms with Crippen molar-refractivity contribution < 1.29 is 4.79 Å². The average Bonchev–Trinajstić information content (AvgIpc) is 2.82. The molecule has 0 spiro atoms. The van der Waals surface area contributed by atoms with E-state index in [0.717, 1.165) is 49.3 Å². The van der Waals surface area contributed by atoms with Crippen molar-refractivity contribution in [3.8, 4) is 0 Å². The molecule has 1 aromatic rings. The Labute approximate surface area is 121 Å². The molecule has 20 heavy (non-hydrogen) atoms. The Hall–Kier alpha value is -1.55. The molecule has 0 aromatic heterocycles. The highest BCUT2D eigenvalue weighted by molar-refractivity contribution is 5.95. The number of carbonyl (C=O) groups is 1. The van der Waals surface area contributed by atoms with Crippen molar-refractivity contribution in [1.29, 1.82) is 0 Å². The highest BCUT2D eigenvalue weighted by atomic mass is 16.1. The number of aryl methyl sites for hydroxylation is 1. The Morgan fingerprint density at radius 1 is 1.45 bits per heavy atom. The molecule has 0 aliphatic carbocycles. The Bertz CT molecular complexity index is 473. The maximum absolute atomic E-state index is 12.2. The Morgan fingerprint density at radius 2 is 2.25 bits per heavy atom. The molecule has 1 amide bonds. The van der Waals surface area contributed by atoms with Crippen molar-refractivity contribution in [3.63, 3.8) is 0 Å². The Kier molecular flexibility index (Phi) is 5.01. The fraction of sp³-hybridized carbons (Fsp3) is 0.562. The van der Waals surface area contributed by atoms with Crippen LogP contribution in [0.2, 0.25) is 0 Å². The number of likely N-dealkylation sites (tertiary alicyclic amines) is 1. The number of amides is 1. The topological polar surface area (TPSA) is 44.4 Å². The average molecular weight is 275 g/mol. The molecule has 110 valence electrons. The van der Waals surface area contributed by atoms with Crippen molar-refractivity contribution in [2.24, 2.45) is 0 Å². The van der Waals surface area contributed by atoms with Gasteiger partial charge < -0.3 is 15.5 Å². The lowest BCUT2D eigenvalue weighted by molar-refractivity contribution is 0.0938. The first-order chi connectivity index (χ1) is 9.60. The third-order valence-corrected chi connectivity index (χ3v) is 3.78. The van der Waals surface area contributed by atoms with Crippen LogP contribution in [-0.2, 0) is 0 Å². The molecule has 1 aromatic carbocycles. The number of rotatable bonds is 5. The van der Waals surface area contributed by atoms with Gasteiger partial charge in [-0.05, 0) is 57.1 Å². The van der Waals surface area contributed by atoms with Gasteiger partial charge in [-0.1, -0.05) is 6.92 Å². The number of nitrogens with zero attached hydrogens (tertiary/aromatic N) is 1. The van der Waals surface area contributed by atoms with Crippen molar-refractivity contribution >= 4 is 11.6 Å². The molecule has 4 heteroatoms. The van der Waals surface area contributed by atoms with Gasteiger partial charge in [-0.15, -0.1) is 0 Å². The largest absolute Gasteiger partial charge is 0.385 e. The normalized spacial score (nSPS) is 19.1.